The molecular weight excluding hydrogens is 188 g/mol. The van der Waals surface area contributed by atoms with Crippen LogP contribution >= 0.6 is 0 Å². The minimum Gasteiger partial charge on any atom is -0.387 e. The molecule has 0 radical (unpaired) electrons. The summed E-state index contributed by atoms with van der Waals surface area (Å²) >= 11 is 0. The molecule has 0 amide bonds. The zero-order valence-electron chi connectivity index (χ0n) is 9.84. The first kappa shape index (κ1) is 11.4. The molecule has 2 aliphatic carbocycles. The lowest BCUT2D eigenvalue weighted by Gasteiger charge is -2.49. The molecule has 2 saturated carbocycles. The summed E-state index contributed by atoms with van der Waals surface area (Å²) in [5.74, 6) is 0.720. The van der Waals surface area contributed by atoms with E-state index in [4.69, 9.17) is 0 Å². The minimum atomic E-state index is -0.778. The van der Waals surface area contributed by atoms with E-state index in [-0.39, 0.29) is 0 Å². The fourth-order valence-electron chi connectivity index (χ4n) is 3.31. The van der Waals surface area contributed by atoms with E-state index in [1.807, 2.05) is 0 Å². The zero-order chi connectivity index (χ0) is 10.9. The average molecular weight is 212 g/mol. The maximum atomic E-state index is 10.6. The third kappa shape index (κ3) is 2.07. The van der Waals surface area contributed by atoms with Gasteiger partial charge in [0.15, 0.2) is 0 Å². The van der Waals surface area contributed by atoms with Gasteiger partial charge in [-0.05, 0) is 44.4 Å². The van der Waals surface area contributed by atoms with E-state index in [0.29, 0.717) is 0 Å². The van der Waals surface area contributed by atoms with Crippen LogP contribution in [0.1, 0.15) is 64.7 Å². The Hall–Kier alpha value is -0.0800. The highest BCUT2D eigenvalue weighted by Gasteiger charge is 2.50. The van der Waals surface area contributed by atoms with Gasteiger partial charge in [0.2, 0.25) is 0 Å². The van der Waals surface area contributed by atoms with Gasteiger partial charge in [-0.1, -0.05) is 26.2 Å². The summed E-state index contributed by atoms with van der Waals surface area (Å²) in [5.41, 5.74) is -1.55. The summed E-state index contributed by atoms with van der Waals surface area (Å²) in [5, 5.41) is 21.2. The lowest BCUT2D eigenvalue weighted by molar-refractivity contribution is -0.186. The van der Waals surface area contributed by atoms with E-state index in [1.54, 1.807) is 0 Å². The largest absolute Gasteiger partial charge is 0.387 e. The standard InChI is InChI=1S/C13H24O2/c1-11-5-9-13(15,10-6-11)12(14)7-3-2-4-8-12/h11,14-15H,2-10H2,1H3. The smallest absolute Gasteiger partial charge is 0.0933 e. The first-order valence-electron chi connectivity index (χ1n) is 6.51. The molecule has 2 fully saturated rings. The molecule has 2 heteroatoms. The molecule has 2 rings (SSSR count). The number of aliphatic hydroxyl groups is 2. The van der Waals surface area contributed by atoms with Crippen LogP contribution < -0.4 is 0 Å². The SMILES string of the molecule is CC1CCC(O)(C2(O)CCCCC2)CC1. The van der Waals surface area contributed by atoms with Crippen molar-refractivity contribution in [3.05, 3.63) is 0 Å². The Morgan fingerprint density at radius 3 is 1.80 bits per heavy atom. The van der Waals surface area contributed by atoms with Gasteiger partial charge >= 0.3 is 0 Å². The van der Waals surface area contributed by atoms with Crippen molar-refractivity contribution in [2.75, 3.05) is 0 Å². The molecule has 0 aromatic carbocycles. The van der Waals surface area contributed by atoms with Crippen LogP contribution in [-0.2, 0) is 0 Å². The van der Waals surface area contributed by atoms with Crippen LogP contribution in [0.3, 0.4) is 0 Å². The number of hydrogen-bond acceptors (Lipinski definition) is 2. The molecule has 2 aliphatic rings. The highest BCUT2D eigenvalue weighted by Crippen LogP contribution is 2.45. The van der Waals surface area contributed by atoms with Crippen LogP contribution in [0.4, 0.5) is 0 Å². The molecule has 0 atom stereocenters. The van der Waals surface area contributed by atoms with Gasteiger partial charge < -0.3 is 10.2 Å². The molecule has 0 unspecified atom stereocenters. The Labute approximate surface area is 92.7 Å². The summed E-state index contributed by atoms with van der Waals surface area (Å²) in [6, 6.07) is 0. The Kier molecular flexibility index (Phi) is 3.09. The normalized spacial score (nSPS) is 41.4. The summed E-state index contributed by atoms with van der Waals surface area (Å²) in [6.07, 6.45) is 8.71. The van der Waals surface area contributed by atoms with Gasteiger partial charge in [-0.3, -0.25) is 0 Å². The molecule has 0 aromatic rings. The molecule has 0 aromatic heterocycles. The molecule has 0 bridgehead atoms. The molecule has 0 spiro atoms. The highest BCUT2D eigenvalue weighted by molar-refractivity contribution is 5.02. The molecule has 2 N–H and O–H groups in total. The Bertz CT molecular complexity index is 211. The zero-order valence-corrected chi connectivity index (χ0v) is 9.84. The fraction of sp³-hybridized carbons (Fsp3) is 1.00. The maximum absolute atomic E-state index is 10.6. The van der Waals surface area contributed by atoms with Crippen LogP contribution in [0.5, 0.6) is 0 Å². The van der Waals surface area contributed by atoms with E-state index in [0.717, 1.165) is 57.3 Å². The predicted molar refractivity (Wildman–Crippen MR) is 60.6 cm³/mol. The van der Waals surface area contributed by atoms with Gasteiger partial charge in [0.1, 0.15) is 0 Å². The van der Waals surface area contributed by atoms with Crippen LogP contribution in [-0.4, -0.2) is 21.4 Å². The van der Waals surface area contributed by atoms with E-state index in [9.17, 15) is 10.2 Å². The van der Waals surface area contributed by atoms with Crippen molar-refractivity contribution < 1.29 is 10.2 Å². The van der Waals surface area contributed by atoms with E-state index in [2.05, 4.69) is 6.92 Å². The molecule has 2 nitrogen and oxygen atoms in total. The van der Waals surface area contributed by atoms with Crippen LogP contribution in [0, 0.1) is 5.92 Å². The molecule has 15 heavy (non-hydrogen) atoms. The third-order valence-electron chi connectivity index (χ3n) is 4.65. The van der Waals surface area contributed by atoms with Crippen molar-refractivity contribution in [3.63, 3.8) is 0 Å². The Balaban J connectivity index is 2.06. The van der Waals surface area contributed by atoms with Crippen molar-refractivity contribution in [1.29, 1.82) is 0 Å². The molecule has 0 aliphatic heterocycles. The second-order valence-electron chi connectivity index (χ2n) is 5.81. The van der Waals surface area contributed by atoms with Gasteiger partial charge in [-0.2, -0.15) is 0 Å². The topological polar surface area (TPSA) is 40.5 Å². The predicted octanol–water partition coefficient (Wildman–Crippen LogP) is 2.62. The Morgan fingerprint density at radius 2 is 1.27 bits per heavy atom. The first-order chi connectivity index (χ1) is 7.06. The second kappa shape index (κ2) is 4.06. The van der Waals surface area contributed by atoms with Gasteiger partial charge in [-0.15, -0.1) is 0 Å². The summed E-state index contributed by atoms with van der Waals surface area (Å²) in [4.78, 5) is 0. The van der Waals surface area contributed by atoms with Crippen molar-refractivity contribution in [3.8, 4) is 0 Å². The van der Waals surface area contributed by atoms with Gasteiger partial charge in [0, 0.05) is 0 Å². The second-order valence-corrected chi connectivity index (χ2v) is 5.81. The summed E-state index contributed by atoms with van der Waals surface area (Å²) < 4.78 is 0. The van der Waals surface area contributed by atoms with Crippen molar-refractivity contribution in [2.24, 2.45) is 5.92 Å². The van der Waals surface area contributed by atoms with E-state index >= 15 is 0 Å². The monoisotopic (exact) mass is 212 g/mol. The fourth-order valence-corrected chi connectivity index (χ4v) is 3.31. The van der Waals surface area contributed by atoms with Crippen molar-refractivity contribution >= 4 is 0 Å². The maximum Gasteiger partial charge on any atom is 0.0933 e. The first-order valence-corrected chi connectivity index (χ1v) is 6.51. The van der Waals surface area contributed by atoms with E-state index < -0.39 is 11.2 Å². The molecule has 0 saturated heterocycles. The van der Waals surface area contributed by atoms with Gasteiger partial charge in [0.05, 0.1) is 11.2 Å². The van der Waals surface area contributed by atoms with Gasteiger partial charge in [-0.25, -0.2) is 0 Å². The number of rotatable bonds is 1. The molecule has 0 heterocycles. The lowest BCUT2D eigenvalue weighted by Crippen LogP contribution is -2.56. The summed E-state index contributed by atoms with van der Waals surface area (Å²) in [6.45, 7) is 2.24. The average Bonchev–Trinajstić information content (AvgIpc) is 2.24. The van der Waals surface area contributed by atoms with Crippen molar-refractivity contribution in [2.45, 2.75) is 75.9 Å². The Morgan fingerprint density at radius 1 is 0.800 bits per heavy atom. The molecular formula is C13H24O2. The van der Waals surface area contributed by atoms with Crippen LogP contribution in [0.25, 0.3) is 0 Å². The van der Waals surface area contributed by atoms with Crippen molar-refractivity contribution in [1.82, 2.24) is 0 Å². The van der Waals surface area contributed by atoms with Crippen LogP contribution in [0.15, 0.2) is 0 Å². The van der Waals surface area contributed by atoms with E-state index in [1.165, 1.54) is 6.42 Å². The summed E-state index contributed by atoms with van der Waals surface area (Å²) in [7, 11) is 0. The number of hydrogen-bond donors (Lipinski definition) is 2. The third-order valence-corrected chi connectivity index (χ3v) is 4.65. The lowest BCUT2D eigenvalue weighted by atomic mass is 9.65. The minimum absolute atomic E-state index is 0.720. The quantitative estimate of drug-likeness (QED) is 0.701. The van der Waals surface area contributed by atoms with Crippen LogP contribution in [0.2, 0.25) is 0 Å². The highest BCUT2D eigenvalue weighted by atomic mass is 16.4. The molecule has 88 valence electrons. The van der Waals surface area contributed by atoms with Gasteiger partial charge in [0.25, 0.3) is 0 Å².